The number of aldehydes is 1. The van der Waals surface area contributed by atoms with Crippen molar-refractivity contribution in [2.75, 3.05) is 36.7 Å². The largest absolute Gasteiger partial charge is 2.00 e. The van der Waals surface area contributed by atoms with Crippen molar-refractivity contribution >= 4 is 171 Å². The molecule has 6 aromatic rings. The number of halogens is 8. The first-order valence-corrected chi connectivity index (χ1v) is 59.8. The van der Waals surface area contributed by atoms with Crippen molar-refractivity contribution < 1.29 is 86.2 Å². The summed E-state index contributed by atoms with van der Waals surface area (Å²) in [5.41, 5.74) is 26.6. The Bertz CT molecular complexity index is 5830. The summed E-state index contributed by atoms with van der Waals surface area (Å²) < 4.78 is 99.0. The molecule has 19 nitrogen and oxygen atoms in total. The fourth-order valence-electron chi connectivity index (χ4n) is 23.9. The summed E-state index contributed by atoms with van der Waals surface area (Å²) in [6.45, 7) is 55.4. The molecule has 0 radical (unpaired) electrons. The van der Waals surface area contributed by atoms with Crippen LogP contribution < -0.4 is 57.9 Å². The van der Waals surface area contributed by atoms with Gasteiger partial charge >= 0.3 is 29.2 Å². The van der Waals surface area contributed by atoms with Crippen LogP contribution in [0.4, 0.5) is 18.9 Å². The zero-order valence-electron chi connectivity index (χ0n) is 90.0. The maximum atomic E-state index is 12.5. The number of nitrogens with zero attached hydrogens (tertiary/aromatic N) is 3. The van der Waals surface area contributed by atoms with E-state index in [2.05, 4.69) is 259 Å². The molecule has 149 heavy (non-hydrogen) atoms. The predicted molar refractivity (Wildman–Crippen MR) is 619 cm³/mol. The summed E-state index contributed by atoms with van der Waals surface area (Å²) in [7, 11) is -3.67. The van der Waals surface area contributed by atoms with Crippen LogP contribution in [0.1, 0.15) is 323 Å². The average Bonchev–Trinajstić information content (AvgIpc) is 1.25. The van der Waals surface area contributed by atoms with Crippen molar-refractivity contribution in [1.29, 1.82) is 5.41 Å². The van der Waals surface area contributed by atoms with E-state index in [9.17, 15) is 31.5 Å². The summed E-state index contributed by atoms with van der Waals surface area (Å²) >= 11 is 18.8. The molecule has 3 unspecified atom stereocenters. The number of aliphatic imine (C=N–C) groups is 2. The van der Waals surface area contributed by atoms with Gasteiger partial charge in [0.15, 0.2) is 27.0 Å². The number of rotatable bonds is 4. The molecule has 1 saturated heterocycles. The van der Waals surface area contributed by atoms with Gasteiger partial charge in [-0.15, -0.1) is 0 Å². The summed E-state index contributed by atoms with van der Waals surface area (Å²) in [5, 5.41) is 20.2. The zero-order chi connectivity index (χ0) is 108. The van der Waals surface area contributed by atoms with Crippen LogP contribution in [0.5, 0.6) is 28.7 Å². The summed E-state index contributed by atoms with van der Waals surface area (Å²) in [6.07, 6.45) is 30.0. The van der Waals surface area contributed by atoms with Gasteiger partial charge in [-0.05, 0) is 318 Å². The van der Waals surface area contributed by atoms with Crippen LogP contribution in [0.15, 0.2) is 168 Å². The fraction of sp³-hybridized carbons (Fsp3) is 0.590. The van der Waals surface area contributed by atoms with Crippen LogP contribution in [0.25, 0.3) is 21.5 Å². The fourth-order valence-corrected chi connectivity index (χ4v) is 27.6. The molecule has 6 aromatic carbocycles. The van der Waals surface area contributed by atoms with Gasteiger partial charge < -0.3 is 74.3 Å². The quantitative estimate of drug-likeness (QED) is 0.0182. The van der Waals surface area contributed by atoms with Crippen molar-refractivity contribution in [1.82, 2.24) is 0 Å². The number of carbonyl (C=O) groups excluding carboxylic acids is 2. The third kappa shape index (κ3) is 34.6. The average molecular weight is 2460 g/mol. The van der Waals surface area contributed by atoms with Crippen LogP contribution in [0.3, 0.4) is 0 Å². The van der Waals surface area contributed by atoms with Crippen LogP contribution in [0.2, 0.25) is 0 Å². The number of ketones is 1. The second kappa shape index (κ2) is 52.4. The molecule has 0 aromatic heterocycles. The first-order valence-electron chi connectivity index (χ1n) is 51.9. The van der Waals surface area contributed by atoms with Crippen LogP contribution in [-0.4, -0.2) is 140 Å². The van der Waals surface area contributed by atoms with E-state index >= 15 is 0 Å². The summed E-state index contributed by atoms with van der Waals surface area (Å²) in [6, 6.07) is 38.6. The molecule has 814 valence electrons. The Labute approximate surface area is 959 Å². The molecular formula is C117H157Br5F3MgN7O12S4. The Morgan fingerprint density at radius 3 is 1.22 bits per heavy atom. The number of amidine groups is 3. The number of Topliss-reactive ketones (excluding diaryl/α,β-unsaturated/α-hetero) is 1. The Morgan fingerprint density at radius 1 is 0.530 bits per heavy atom. The standard InChI is InChI=1S/C28H33N3OS.2C21H29BrN2OS.C20H27BrO2.C18H23BrO2.C4H8O.C2HF3O.C2H3.CH4O3S.BrH.Mg/c1-26(2,3)21-10-12-27(13-11-21)18-28(14-15-33-25(29)31-28)23-17-20(8-9-24(23)32-27)19-6-5-7-22(16-19)30-4;1-19(2,3)14-6-8-20(9-7-14)13-21(10-11-26-18(23)24-21)16-12-15(22)4-5-17(16)25-20;1-20(2,3)15-6-9-21(10-7-15)13-14(8-11-26-19(23)24)17-12-16(22)4-5-18(17)25-21;1-5-20(22)13-19(10-8-14(9-11-19)18(2,3)4)23-17-7-6-15(21)12-16(17)20;1-17(2,3)12-6-8-18(9-7-12)11-15(20)14-10-13(19)4-5-16(14)21-18;1-2-4-5-3-1;3-2(4,5)1-6;1-2;1-5(2,3)4;;/h5-9,16-17,21H,10-15,18H2,1-3H3,(H2,29,31);4-5,12,14H,6-11,13H2,1-3H3,(H2,23,24);4-5,8,12,15H,6-7,9-11,13H2,1-3H3,(H3,23,24);5-7,12,14,22H,1,8-11,13H2,2-4H3;4-5,10,12H,6-9,11H2,1-3H3;1-4H2;1H;1H,2H2;1H3,(H,2,3,4);1H;/q;;;;;;;-1;;;+2/p-1/b;;14-8+;;;;;;;;. The number of aliphatic hydroxyl groups is 1. The van der Waals surface area contributed by atoms with Crippen molar-refractivity contribution in [2.24, 2.45) is 83.9 Å². The monoisotopic (exact) mass is 2460 g/mol. The molecule has 6 fully saturated rings. The van der Waals surface area contributed by atoms with Crippen molar-refractivity contribution in [3.05, 3.63) is 204 Å². The number of thioether (sulfide) groups is 3. The molecule has 8 heterocycles. The number of alkyl halides is 3. The van der Waals surface area contributed by atoms with Gasteiger partial charge in [-0.1, -0.05) is 246 Å². The molecule has 0 bridgehead atoms. The van der Waals surface area contributed by atoms with Crippen LogP contribution in [-0.2, 0) is 36.3 Å². The van der Waals surface area contributed by atoms with E-state index in [1.165, 1.54) is 79.8 Å². The van der Waals surface area contributed by atoms with E-state index in [4.69, 9.17) is 76.9 Å². The molecule has 7 spiro atoms. The number of nitrogens with two attached hydrogens (primary N) is 3. The Kier molecular flexibility index (Phi) is 44.7. The number of ether oxygens (including phenoxy) is 6. The van der Waals surface area contributed by atoms with Gasteiger partial charge in [-0.25, -0.2) is 4.85 Å². The van der Waals surface area contributed by atoms with Crippen molar-refractivity contribution in [3.63, 3.8) is 0 Å². The molecule has 32 heteroatoms. The van der Waals surface area contributed by atoms with Gasteiger partial charge in [-0.3, -0.25) is 36.1 Å². The first kappa shape index (κ1) is 127. The molecule has 9 N–H and O–H groups in total. The number of hydrogen-bond acceptors (Lipinski definition) is 19. The van der Waals surface area contributed by atoms with Gasteiger partial charge in [0, 0.05) is 96.3 Å². The SMILES string of the molecule is C1CCOC1.C=CC1(O)CC2(CCC(C(C)(C)C)CC2)Oc2ccc(Br)cc21.CC(C)(C)C1CCC2(CC1)C/C(=C\CSC(=N)N)c1cc(Br)ccc1O2.CC(C)(C)C1CCC2(CC1)CC(=O)c1cc(Br)ccc1O2.CC(C)(C)C1CCC2(CC1)CC1(CCSC(N)=N1)c1cc(Br)ccc1O2.CS(=O)(=O)O.O=CC(F)(F)F.[Br-].[C-]#[N+]c1cccc(-c2ccc3c(c2)C2(CCSC(N)=N2)CC2(CCC(C(C)(C)C)CC2)O3)c1.[CH-]=C.[Mg+2]. The normalized spacial score (nSPS) is 28.2. The second-order valence-corrected chi connectivity index (χ2v) is 56.2. The van der Waals surface area contributed by atoms with Crippen LogP contribution in [0, 0.1) is 75.2 Å². The van der Waals surface area contributed by atoms with Gasteiger partial charge in [0.2, 0.25) is 6.29 Å². The molecule has 5 aliphatic carbocycles. The molecule has 8 aliphatic heterocycles. The van der Waals surface area contributed by atoms with Gasteiger partial charge in [0.25, 0.3) is 10.1 Å². The molecule has 19 rings (SSSR count). The minimum Gasteiger partial charge on any atom is -1.00 e. The Balaban J connectivity index is 0.000000199. The van der Waals surface area contributed by atoms with E-state index in [0.717, 1.165) is 262 Å². The maximum Gasteiger partial charge on any atom is 2.00 e. The third-order valence-electron chi connectivity index (χ3n) is 32.3. The second-order valence-electron chi connectivity index (χ2n) is 47.8. The third-order valence-corrected chi connectivity index (χ3v) is 36.5. The molecule has 5 saturated carbocycles. The number of benzene rings is 6. The molecule has 13 aliphatic rings. The van der Waals surface area contributed by atoms with E-state index in [-0.39, 0.29) is 90.1 Å². The minimum absolute atomic E-state index is 0. The van der Waals surface area contributed by atoms with E-state index in [1.54, 1.807) is 29.6 Å². The van der Waals surface area contributed by atoms with Crippen molar-refractivity contribution in [2.45, 2.75) is 341 Å². The molecular weight excluding hydrogens is 2300 g/mol. The number of hydrogen-bond donors (Lipinski definition) is 6. The molecule has 3 atom stereocenters. The Morgan fingerprint density at radius 2 is 0.859 bits per heavy atom. The number of nitrogens with one attached hydrogen (secondary N) is 1. The Hall–Kier alpha value is -5.38. The van der Waals surface area contributed by atoms with Gasteiger partial charge in [0.05, 0.1) is 35.9 Å². The predicted octanol–water partition coefficient (Wildman–Crippen LogP) is 28.6. The maximum absolute atomic E-state index is 12.5. The zero-order valence-corrected chi connectivity index (χ0v) is 103. The van der Waals surface area contributed by atoms with E-state index in [0.29, 0.717) is 57.0 Å². The van der Waals surface area contributed by atoms with Crippen molar-refractivity contribution in [3.8, 4) is 39.9 Å². The first-order chi connectivity index (χ1) is 68.6. The summed E-state index contributed by atoms with van der Waals surface area (Å²) in [5.74, 6) is 11.2. The van der Waals surface area contributed by atoms with Gasteiger partial charge in [-0.2, -0.15) is 21.6 Å². The molecule has 0 amide bonds. The smallest absolute Gasteiger partial charge is 1.00 e. The van der Waals surface area contributed by atoms with Gasteiger partial charge in [0.1, 0.15) is 62.4 Å². The van der Waals surface area contributed by atoms with E-state index in [1.807, 2.05) is 54.6 Å². The van der Waals surface area contributed by atoms with Crippen LogP contribution >= 0.6 is 99.0 Å². The summed E-state index contributed by atoms with van der Waals surface area (Å²) in [4.78, 5) is 35.0. The number of fused-ring (bicyclic) bond motifs is 7. The minimum atomic E-state index is -4.64. The topological polar surface area (TPSA) is 295 Å². The van der Waals surface area contributed by atoms with E-state index < -0.39 is 28.2 Å². The number of carbonyl (C=O) groups is 2.